The maximum atomic E-state index is 11.3. The lowest BCUT2D eigenvalue weighted by Crippen LogP contribution is -2.36. The van der Waals surface area contributed by atoms with E-state index in [2.05, 4.69) is 37.9 Å². The topological polar surface area (TPSA) is 156 Å². The van der Waals surface area contributed by atoms with Crippen LogP contribution in [0.2, 0.25) is 0 Å². The summed E-state index contributed by atoms with van der Waals surface area (Å²) < 4.78 is 5.20. The van der Waals surface area contributed by atoms with Gasteiger partial charge in [-0.15, -0.1) is 0 Å². The minimum Gasteiger partial charge on any atom is -0.379 e. The zero-order valence-corrected chi connectivity index (χ0v) is 38.0. The second kappa shape index (κ2) is 35.4. The Labute approximate surface area is 353 Å². The standard InChI is InChI=1S/C9H12N2O.C9H17NO.C8H15NO.C7H13NO.C7H15NO.C5H12N2/c1-7-2-4-8(5-3-7)11-9(12)6-10;1-2-7-10-8-5-3-4-6-9(10)11;1-2-6-9-7-4-3-5-8(9)10;1-2-5-8-6-3-4-7(8)9;1-2-3-8-4-6-9-7-5-8;1-4-5(6)7(2)3/h2-5H,6,10H2,1H3,(H,11,12);2-8H2,1H3;2-7H2,1H3;2-6H2,1H3;2-7H2,1H3;6H,4H2,1-3H3. The monoisotopic (exact) mass is 817 g/mol. The highest BCUT2D eigenvalue weighted by molar-refractivity contribution is 5.92. The van der Waals surface area contributed by atoms with E-state index >= 15 is 0 Å². The van der Waals surface area contributed by atoms with Gasteiger partial charge in [0.25, 0.3) is 0 Å². The number of likely N-dealkylation sites (tertiary alicyclic amines) is 3. The van der Waals surface area contributed by atoms with Crippen LogP contribution in [0.3, 0.4) is 0 Å². The van der Waals surface area contributed by atoms with Gasteiger partial charge in [0.1, 0.15) is 0 Å². The second-order valence-electron chi connectivity index (χ2n) is 15.3. The van der Waals surface area contributed by atoms with Crippen LogP contribution in [0, 0.1) is 12.3 Å². The minimum absolute atomic E-state index is 0.0217. The molecule has 0 unspecified atom stereocenters. The van der Waals surface area contributed by atoms with Crippen LogP contribution in [0.1, 0.15) is 130 Å². The molecule has 0 atom stereocenters. The molecule has 1 aromatic rings. The summed E-state index contributed by atoms with van der Waals surface area (Å²) in [6.07, 6.45) is 14.6. The smallest absolute Gasteiger partial charge is 0.238 e. The zero-order valence-electron chi connectivity index (χ0n) is 38.0. The van der Waals surface area contributed by atoms with Gasteiger partial charge in [-0.2, -0.15) is 0 Å². The SMILES string of the molecule is CCC(=N)N(C)C.CCCN1CCCC1=O.CCCN1CCCCC1=O.CCCN1CCCCCC1=O.CCCN1CCOCC1.Cc1ccc(NC(=O)CN)cc1. The normalized spacial score (nSPS) is 16.6. The molecule has 0 spiro atoms. The van der Waals surface area contributed by atoms with Gasteiger partial charge in [-0.05, 0) is 83.4 Å². The zero-order chi connectivity index (χ0) is 43.6. The predicted molar refractivity (Wildman–Crippen MR) is 240 cm³/mol. The van der Waals surface area contributed by atoms with Crippen molar-refractivity contribution in [2.45, 2.75) is 131 Å². The van der Waals surface area contributed by atoms with Crippen LogP contribution < -0.4 is 11.1 Å². The molecule has 4 saturated heterocycles. The summed E-state index contributed by atoms with van der Waals surface area (Å²) in [4.78, 5) is 54.3. The van der Waals surface area contributed by atoms with Gasteiger partial charge < -0.3 is 35.4 Å². The molecular weight excluding hydrogens is 733 g/mol. The third-order valence-corrected chi connectivity index (χ3v) is 9.78. The fraction of sp³-hybridized carbons (Fsp3) is 0.756. The number of ether oxygens (including phenoxy) is 1. The van der Waals surface area contributed by atoms with Gasteiger partial charge in [-0.1, -0.05) is 58.7 Å². The molecule has 0 aromatic heterocycles. The molecule has 4 N–H and O–H groups in total. The Hall–Kier alpha value is -3.55. The molecule has 334 valence electrons. The number of carbonyl (C=O) groups is 4. The molecule has 0 radical (unpaired) electrons. The lowest BCUT2D eigenvalue weighted by molar-refractivity contribution is -0.133. The number of hydrogen-bond donors (Lipinski definition) is 3. The number of piperidine rings is 1. The number of nitrogens with one attached hydrogen (secondary N) is 2. The molecule has 0 saturated carbocycles. The number of anilines is 1. The highest BCUT2D eigenvalue weighted by Crippen LogP contribution is 2.12. The molecule has 1 aromatic carbocycles. The molecule has 4 fully saturated rings. The van der Waals surface area contributed by atoms with E-state index in [1.54, 1.807) is 4.90 Å². The average Bonchev–Trinajstić information content (AvgIpc) is 3.52. The fourth-order valence-electron chi connectivity index (χ4n) is 6.43. The molecule has 4 amide bonds. The summed E-state index contributed by atoms with van der Waals surface area (Å²) in [6, 6.07) is 7.57. The lowest BCUT2D eigenvalue weighted by atomic mass is 10.1. The molecule has 13 nitrogen and oxygen atoms in total. The summed E-state index contributed by atoms with van der Waals surface area (Å²) >= 11 is 0. The van der Waals surface area contributed by atoms with E-state index in [4.69, 9.17) is 15.9 Å². The van der Waals surface area contributed by atoms with E-state index in [0.29, 0.717) is 23.6 Å². The van der Waals surface area contributed by atoms with Gasteiger partial charge in [0.2, 0.25) is 23.6 Å². The number of aryl methyl sites for hydroxylation is 1. The third kappa shape index (κ3) is 27.2. The van der Waals surface area contributed by atoms with E-state index in [9.17, 15) is 19.2 Å². The van der Waals surface area contributed by atoms with E-state index in [0.717, 1.165) is 135 Å². The van der Waals surface area contributed by atoms with Crippen LogP contribution in [0.5, 0.6) is 0 Å². The first kappa shape index (κ1) is 54.5. The number of carbonyl (C=O) groups excluding carboxylic acids is 4. The van der Waals surface area contributed by atoms with Crippen LogP contribution in [0.15, 0.2) is 24.3 Å². The number of nitrogens with two attached hydrogens (primary N) is 1. The highest BCUT2D eigenvalue weighted by atomic mass is 16.5. The highest BCUT2D eigenvalue weighted by Gasteiger charge is 2.18. The molecule has 4 heterocycles. The van der Waals surface area contributed by atoms with E-state index in [1.807, 2.05) is 66.9 Å². The van der Waals surface area contributed by atoms with Crippen molar-refractivity contribution in [2.24, 2.45) is 5.73 Å². The number of amidine groups is 1. The van der Waals surface area contributed by atoms with Crippen molar-refractivity contribution in [2.75, 3.05) is 98.1 Å². The Balaban J connectivity index is 0.000000677. The molecular formula is C45H84N8O5. The van der Waals surface area contributed by atoms with Crippen molar-refractivity contribution in [3.8, 4) is 0 Å². The number of hydrogen-bond acceptors (Lipinski definition) is 8. The first-order valence-electron chi connectivity index (χ1n) is 22.3. The maximum absolute atomic E-state index is 11.3. The van der Waals surface area contributed by atoms with Crippen LogP contribution >= 0.6 is 0 Å². The van der Waals surface area contributed by atoms with E-state index in [1.165, 1.54) is 37.8 Å². The van der Waals surface area contributed by atoms with Crippen LogP contribution in [0.25, 0.3) is 0 Å². The van der Waals surface area contributed by atoms with E-state index in [-0.39, 0.29) is 12.5 Å². The first-order valence-corrected chi connectivity index (χ1v) is 22.3. The van der Waals surface area contributed by atoms with Gasteiger partial charge in [0.15, 0.2) is 0 Å². The fourth-order valence-corrected chi connectivity index (χ4v) is 6.43. The Morgan fingerprint density at radius 3 is 1.48 bits per heavy atom. The molecule has 58 heavy (non-hydrogen) atoms. The number of morpholine rings is 1. The molecule has 4 aliphatic heterocycles. The van der Waals surface area contributed by atoms with Crippen molar-refractivity contribution in [3.63, 3.8) is 0 Å². The van der Waals surface area contributed by atoms with Crippen LogP contribution in [0.4, 0.5) is 5.69 Å². The summed E-state index contributed by atoms with van der Waals surface area (Å²) in [6.45, 7) is 23.8. The van der Waals surface area contributed by atoms with Gasteiger partial charge >= 0.3 is 0 Å². The predicted octanol–water partition coefficient (Wildman–Crippen LogP) is 6.78. The molecule has 13 heteroatoms. The Kier molecular flexibility index (Phi) is 33.2. The summed E-state index contributed by atoms with van der Waals surface area (Å²) in [7, 11) is 3.76. The van der Waals surface area contributed by atoms with Crippen molar-refractivity contribution >= 4 is 35.2 Å². The number of rotatable bonds is 11. The quantitative estimate of drug-likeness (QED) is 0.163. The molecule has 0 aliphatic carbocycles. The van der Waals surface area contributed by atoms with Gasteiger partial charge in [-0.25, -0.2) is 0 Å². The molecule has 4 aliphatic rings. The lowest BCUT2D eigenvalue weighted by Gasteiger charge is -2.25. The Bertz CT molecular complexity index is 1240. The van der Waals surface area contributed by atoms with E-state index < -0.39 is 0 Å². The Morgan fingerprint density at radius 1 is 0.672 bits per heavy atom. The van der Waals surface area contributed by atoms with Gasteiger partial charge in [-0.3, -0.25) is 29.5 Å². The van der Waals surface area contributed by atoms with Crippen molar-refractivity contribution in [1.29, 1.82) is 5.41 Å². The number of benzene rings is 1. The third-order valence-electron chi connectivity index (χ3n) is 9.78. The first-order chi connectivity index (χ1) is 27.9. The second-order valence-corrected chi connectivity index (χ2v) is 15.3. The van der Waals surface area contributed by atoms with Crippen LogP contribution in [-0.4, -0.2) is 147 Å². The minimum atomic E-state index is -0.168. The molecule has 0 bridgehead atoms. The Morgan fingerprint density at radius 2 is 1.10 bits per heavy atom. The summed E-state index contributed by atoms with van der Waals surface area (Å²) in [5.41, 5.74) is 7.09. The average molecular weight is 817 g/mol. The summed E-state index contributed by atoms with van der Waals surface area (Å²) in [5, 5.41) is 9.77. The number of amides is 4. The van der Waals surface area contributed by atoms with Crippen LogP contribution in [-0.2, 0) is 23.9 Å². The van der Waals surface area contributed by atoms with Crippen molar-refractivity contribution < 1.29 is 23.9 Å². The maximum Gasteiger partial charge on any atom is 0.238 e. The van der Waals surface area contributed by atoms with Crippen molar-refractivity contribution in [1.82, 2.24) is 24.5 Å². The van der Waals surface area contributed by atoms with Gasteiger partial charge in [0.05, 0.1) is 25.6 Å². The largest absolute Gasteiger partial charge is 0.379 e. The summed E-state index contributed by atoms with van der Waals surface area (Å²) in [5.74, 6) is 1.58. The molecule has 5 rings (SSSR count). The number of nitrogens with zero attached hydrogens (tertiary/aromatic N) is 5. The van der Waals surface area contributed by atoms with Crippen molar-refractivity contribution in [3.05, 3.63) is 29.8 Å². The van der Waals surface area contributed by atoms with Gasteiger partial charge in [0, 0.05) is 97.8 Å².